The van der Waals surface area contributed by atoms with Crippen LogP contribution in [0, 0.1) is 6.92 Å². The Morgan fingerprint density at radius 3 is 2.48 bits per heavy atom. The van der Waals surface area contributed by atoms with Gasteiger partial charge in [0.1, 0.15) is 11.4 Å². The van der Waals surface area contributed by atoms with Crippen molar-refractivity contribution in [2.24, 2.45) is 0 Å². The van der Waals surface area contributed by atoms with Crippen LogP contribution in [0.3, 0.4) is 0 Å². The number of aromatic nitrogens is 1. The number of carboxylic acids is 1. The quantitative estimate of drug-likeness (QED) is 0.753. The van der Waals surface area contributed by atoms with Crippen LogP contribution in [0.1, 0.15) is 21.5 Å². The van der Waals surface area contributed by atoms with E-state index in [0.717, 1.165) is 22.4 Å². The molecule has 2 aromatic carbocycles. The van der Waals surface area contributed by atoms with Gasteiger partial charge in [-0.3, -0.25) is 0 Å². The van der Waals surface area contributed by atoms with Gasteiger partial charge in [0.2, 0.25) is 0 Å². The Balaban J connectivity index is 2.00. The number of pyridine rings is 1. The van der Waals surface area contributed by atoms with Crippen molar-refractivity contribution < 1.29 is 9.90 Å². The van der Waals surface area contributed by atoms with Gasteiger partial charge in [0.25, 0.3) is 0 Å². The summed E-state index contributed by atoms with van der Waals surface area (Å²) >= 11 is 0. The zero-order valence-corrected chi connectivity index (χ0v) is 14.3. The monoisotopic (exact) mass is 332 g/mol. The second-order valence-electron chi connectivity index (χ2n) is 6.08. The molecule has 1 N–H and O–H groups in total. The summed E-state index contributed by atoms with van der Waals surface area (Å²) in [7, 11) is 1.86. The van der Waals surface area contributed by atoms with Gasteiger partial charge in [-0.2, -0.15) is 0 Å². The fourth-order valence-corrected chi connectivity index (χ4v) is 2.80. The molecular formula is C21H20N2O2. The largest absolute Gasteiger partial charge is 0.478 e. The Bertz CT molecular complexity index is 891. The van der Waals surface area contributed by atoms with Crippen molar-refractivity contribution in [1.82, 2.24) is 4.98 Å². The van der Waals surface area contributed by atoms with Crippen LogP contribution in [0.25, 0.3) is 11.3 Å². The lowest BCUT2D eigenvalue weighted by Gasteiger charge is -2.21. The third kappa shape index (κ3) is 3.86. The fraction of sp³-hybridized carbons (Fsp3) is 0.143. The molecule has 0 aliphatic carbocycles. The van der Waals surface area contributed by atoms with Gasteiger partial charge in [-0.1, -0.05) is 54.1 Å². The van der Waals surface area contributed by atoms with Gasteiger partial charge in [-0.15, -0.1) is 0 Å². The third-order valence-corrected chi connectivity index (χ3v) is 4.04. The summed E-state index contributed by atoms with van der Waals surface area (Å²) in [5.41, 5.74) is 4.19. The van der Waals surface area contributed by atoms with Crippen molar-refractivity contribution in [1.29, 1.82) is 0 Å². The van der Waals surface area contributed by atoms with Crippen LogP contribution in [0.4, 0.5) is 5.82 Å². The van der Waals surface area contributed by atoms with E-state index in [4.69, 9.17) is 0 Å². The Morgan fingerprint density at radius 1 is 1.04 bits per heavy atom. The number of anilines is 1. The van der Waals surface area contributed by atoms with Gasteiger partial charge >= 0.3 is 5.97 Å². The first-order valence-corrected chi connectivity index (χ1v) is 8.11. The van der Waals surface area contributed by atoms with E-state index in [1.807, 2.05) is 73.5 Å². The standard InChI is InChI=1S/C21H20N2O2/c1-15-7-6-10-17(13-15)19-12-11-18(21(24)25)20(22-19)23(2)14-16-8-4-3-5-9-16/h3-13H,14H2,1-2H3,(H,24,25). The van der Waals surface area contributed by atoms with Crippen LogP contribution in [-0.4, -0.2) is 23.1 Å². The van der Waals surface area contributed by atoms with Crippen LogP contribution in [0.2, 0.25) is 0 Å². The minimum absolute atomic E-state index is 0.204. The van der Waals surface area contributed by atoms with Crippen molar-refractivity contribution in [3.63, 3.8) is 0 Å². The third-order valence-electron chi connectivity index (χ3n) is 4.04. The summed E-state index contributed by atoms with van der Waals surface area (Å²) in [4.78, 5) is 18.1. The summed E-state index contributed by atoms with van der Waals surface area (Å²) < 4.78 is 0. The number of carboxylic acid groups (broad SMARTS) is 1. The Hall–Kier alpha value is -3.14. The zero-order chi connectivity index (χ0) is 17.8. The molecule has 0 spiro atoms. The Kier molecular flexibility index (Phi) is 4.80. The number of aromatic carboxylic acids is 1. The lowest BCUT2D eigenvalue weighted by Crippen LogP contribution is -2.21. The minimum Gasteiger partial charge on any atom is -0.478 e. The second-order valence-corrected chi connectivity index (χ2v) is 6.08. The van der Waals surface area contributed by atoms with Gasteiger partial charge in [0, 0.05) is 19.2 Å². The number of aryl methyl sites for hydroxylation is 1. The molecule has 0 atom stereocenters. The Morgan fingerprint density at radius 2 is 1.80 bits per heavy atom. The molecule has 0 aliphatic heterocycles. The summed E-state index contributed by atoms with van der Waals surface area (Å²) in [5.74, 6) is -0.506. The molecule has 4 heteroatoms. The average molecular weight is 332 g/mol. The van der Waals surface area contributed by atoms with E-state index in [9.17, 15) is 9.90 Å². The van der Waals surface area contributed by atoms with E-state index in [1.54, 1.807) is 12.1 Å². The SMILES string of the molecule is Cc1cccc(-c2ccc(C(=O)O)c(N(C)Cc3ccccc3)n2)c1. The van der Waals surface area contributed by atoms with Gasteiger partial charge in [0.05, 0.1) is 5.69 Å². The summed E-state index contributed by atoms with van der Waals surface area (Å²) in [6.07, 6.45) is 0. The zero-order valence-electron chi connectivity index (χ0n) is 14.3. The van der Waals surface area contributed by atoms with Crippen molar-refractivity contribution in [2.75, 3.05) is 11.9 Å². The molecule has 0 radical (unpaired) electrons. The number of rotatable bonds is 5. The maximum Gasteiger partial charge on any atom is 0.339 e. The smallest absolute Gasteiger partial charge is 0.339 e. The normalized spacial score (nSPS) is 10.5. The molecular weight excluding hydrogens is 312 g/mol. The van der Waals surface area contributed by atoms with E-state index >= 15 is 0 Å². The van der Waals surface area contributed by atoms with Gasteiger partial charge in [-0.25, -0.2) is 9.78 Å². The molecule has 3 aromatic rings. The minimum atomic E-state index is -0.974. The lowest BCUT2D eigenvalue weighted by atomic mass is 10.1. The highest BCUT2D eigenvalue weighted by Gasteiger charge is 2.17. The van der Waals surface area contributed by atoms with E-state index in [0.29, 0.717) is 12.4 Å². The highest BCUT2D eigenvalue weighted by molar-refractivity contribution is 5.94. The molecule has 126 valence electrons. The number of benzene rings is 2. The molecule has 0 saturated heterocycles. The van der Waals surface area contributed by atoms with Gasteiger partial charge in [0.15, 0.2) is 0 Å². The van der Waals surface area contributed by atoms with Crippen molar-refractivity contribution in [3.05, 3.63) is 83.4 Å². The van der Waals surface area contributed by atoms with E-state index in [1.165, 1.54) is 0 Å². The molecule has 1 aromatic heterocycles. The first kappa shape index (κ1) is 16.7. The van der Waals surface area contributed by atoms with Gasteiger partial charge < -0.3 is 10.0 Å². The van der Waals surface area contributed by atoms with E-state index in [-0.39, 0.29) is 5.56 Å². The maximum atomic E-state index is 11.6. The second kappa shape index (κ2) is 7.18. The topological polar surface area (TPSA) is 53.4 Å². The average Bonchev–Trinajstić information content (AvgIpc) is 2.62. The molecule has 1 heterocycles. The highest BCUT2D eigenvalue weighted by atomic mass is 16.4. The van der Waals surface area contributed by atoms with Crippen molar-refractivity contribution in [2.45, 2.75) is 13.5 Å². The number of hydrogen-bond acceptors (Lipinski definition) is 3. The molecule has 0 saturated carbocycles. The van der Waals surface area contributed by atoms with Gasteiger partial charge in [-0.05, 0) is 30.7 Å². The fourth-order valence-electron chi connectivity index (χ4n) is 2.80. The molecule has 0 aliphatic rings. The van der Waals surface area contributed by atoms with Crippen molar-refractivity contribution in [3.8, 4) is 11.3 Å². The van der Waals surface area contributed by atoms with E-state index in [2.05, 4.69) is 4.98 Å². The van der Waals surface area contributed by atoms with Crippen LogP contribution in [-0.2, 0) is 6.54 Å². The molecule has 0 fully saturated rings. The van der Waals surface area contributed by atoms with E-state index < -0.39 is 5.97 Å². The first-order chi connectivity index (χ1) is 12.0. The molecule has 25 heavy (non-hydrogen) atoms. The van der Waals surface area contributed by atoms with Crippen LogP contribution < -0.4 is 4.90 Å². The molecule has 4 nitrogen and oxygen atoms in total. The first-order valence-electron chi connectivity index (χ1n) is 8.11. The molecule has 0 bridgehead atoms. The predicted octanol–water partition coefficient (Wildman–Crippen LogP) is 4.39. The number of nitrogens with zero attached hydrogens (tertiary/aromatic N) is 2. The highest BCUT2D eigenvalue weighted by Crippen LogP contribution is 2.25. The van der Waals surface area contributed by atoms with Crippen LogP contribution in [0.5, 0.6) is 0 Å². The maximum absolute atomic E-state index is 11.6. The Labute approximate surface area is 147 Å². The number of hydrogen-bond donors (Lipinski definition) is 1. The van der Waals surface area contributed by atoms with Crippen LogP contribution in [0.15, 0.2) is 66.7 Å². The molecule has 0 unspecified atom stereocenters. The molecule has 3 rings (SSSR count). The summed E-state index contributed by atoms with van der Waals surface area (Å²) in [6.45, 7) is 2.61. The summed E-state index contributed by atoms with van der Waals surface area (Å²) in [5, 5.41) is 9.52. The lowest BCUT2D eigenvalue weighted by molar-refractivity contribution is 0.0697. The van der Waals surface area contributed by atoms with Crippen molar-refractivity contribution >= 4 is 11.8 Å². The molecule has 0 amide bonds. The summed E-state index contributed by atoms with van der Waals surface area (Å²) in [6, 6.07) is 21.4. The predicted molar refractivity (Wildman–Crippen MR) is 99.9 cm³/mol. The number of carbonyl (C=O) groups is 1. The van der Waals surface area contributed by atoms with Crippen LogP contribution >= 0.6 is 0 Å².